The summed E-state index contributed by atoms with van der Waals surface area (Å²) >= 11 is 0. The molecule has 0 aromatic rings. The molecule has 0 aliphatic carbocycles. The molecule has 2 rings (SSSR count). The third-order valence-electron chi connectivity index (χ3n) is 3.76. The van der Waals surface area contributed by atoms with E-state index < -0.39 is 5.97 Å². The second kappa shape index (κ2) is 6.86. The molecule has 1 unspecified atom stereocenters. The Labute approximate surface area is 113 Å². The zero-order valence-electron chi connectivity index (χ0n) is 11.2. The minimum absolute atomic E-state index is 0.0633. The molecule has 0 radical (unpaired) electrons. The molecule has 1 N–H and O–H groups in total. The van der Waals surface area contributed by atoms with Crippen molar-refractivity contribution in [3.63, 3.8) is 0 Å². The Morgan fingerprint density at radius 1 is 1.16 bits per heavy atom. The van der Waals surface area contributed by atoms with Crippen LogP contribution in [0.4, 0.5) is 0 Å². The second-order valence-corrected chi connectivity index (χ2v) is 5.24. The van der Waals surface area contributed by atoms with Crippen molar-refractivity contribution in [1.82, 2.24) is 9.80 Å². The Balaban J connectivity index is 1.71. The summed E-state index contributed by atoms with van der Waals surface area (Å²) in [5, 5.41) is 8.72. The summed E-state index contributed by atoms with van der Waals surface area (Å²) in [6.45, 7) is 3.36. The van der Waals surface area contributed by atoms with Crippen LogP contribution in [0.25, 0.3) is 0 Å². The first-order chi connectivity index (χ1) is 9.15. The third-order valence-corrected chi connectivity index (χ3v) is 3.76. The van der Waals surface area contributed by atoms with Crippen molar-refractivity contribution in [3.8, 4) is 0 Å². The van der Waals surface area contributed by atoms with E-state index in [0.29, 0.717) is 32.6 Å². The number of rotatable bonds is 4. The predicted molar refractivity (Wildman–Crippen MR) is 68.9 cm³/mol. The lowest BCUT2D eigenvalue weighted by atomic mass is 10.1. The molecule has 19 heavy (non-hydrogen) atoms. The number of hydrogen-bond donors (Lipinski definition) is 1. The van der Waals surface area contributed by atoms with Gasteiger partial charge in [0, 0.05) is 32.8 Å². The normalized spacial score (nSPS) is 25.3. The quantitative estimate of drug-likeness (QED) is 0.789. The lowest BCUT2D eigenvalue weighted by molar-refractivity contribution is -0.140. The molecule has 0 spiro atoms. The number of piperazine rings is 1. The zero-order chi connectivity index (χ0) is 13.7. The maximum atomic E-state index is 12.1. The number of carboxylic acids is 1. The predicted octanol–water partition coefficient (Wildman–Crippen LogP) is 0.174. The summed E-state index contributed by atoms with van der Waals surface area (Å²) in [4.78, 5) is 26.4. The largest absolute Gasteiger partial charge is 0.480 e. The Morgan fingerprint density at radius 2 is 1.89 bits per heavy atom. The van der Waals surface area contributed by atoms with Crippen LogP contribution in [0.3, 0.4) is 0 Å². The Kier molecular flexibility index (Phi) is 5.15. The van der Waals surface area contributed by atoms with Crippen LogP contribution in [0.1, 0.15) is 25.7 Å². The van der Waals surface area contributed by atoms with Crippen LogP contribution in [0.15, 0.2) is 0 Å². The van der Waals surface area contributed by atoms with Crippen molar-refractivity contribution in [1.29, 1.82) is 0 Å². The van der Waals surface area contributed by atoms with E-state index in [1.165, 1.54) is 0 Å². The molecule has 0 aromatic heterocycles. The molecule has 1 atom stereocenters. The van der Waals surface area contributed by atoms with Crippen LogP contribution in [0.2, 0.25) is 0 Å². The first-order valence-corrected chi connectivity index (χ1v) is 6.98. The minimum atomic E-state index is -0.810. The molecule has 2 heterocycles. The van der Waals surface area contributed by atoms with Crippen molar-refractivity contribution in [2.75, 3.05) is 39.3 Å². The second-order valence-electron chi connectivity index (χ2n) is 5.24. The number of amides is 1. The topological polar surface area (TPSA) is 70.1 Å². The molecule has 108 valence electrons. The van der Waals surface area contributed by atoms with Crippen LogP contribution in [-0.4, -0.2) is 72.2 Å². The third kappa shape index (κ3) is 4.47. The van der Waals surface area contributed by atoms with Gasteiger partial charge in [-0.15, -0.1) is 0 Å². The Hall–Kier alpha value is -1.14. The lowest BCUT2D eigenvalue weighted by Crippen LogP contribution is -2.50. The number of carbonyl (C=O) groups is 2. The van der Waals surface area contributed by atoms with E-state index in [1.807, 2.05) is 9.80 Å². The molecular weight excluding hydrogens is 248 g/mol. The van der Waals surface area contributed by atoms with Gasteiger partial charge in [0.2, 0.25) is 5.91 Å². The number of nitrogens with zero attached hydrogens (tertiary/aromatic N) is 2. The number of aliphatic carboxylic acids is 1. The summed E-state index contributed by atoms with van der Waals surface area (Å²) < 4.78 is 5.58. The van der Waals surface area contributed by atoms with E-state index >= 15 is 0 Å². The van der Waals surface area contributed by atoms with Crippen LogP contribution in [0.5, 0.6) is 0 Å². The van der Waals surface area contributed by atoms with Gasteiger partial charge in [-0.2, -0.15) is 0 Å². The highest BCUT2D eigenvalue weighted by Crippen LogP contribution is 2.17. The van der Waals surface area contributed by atoms with Gasteiger partial charge in [-0.25, -0.2) is 0 Å². The maximum Gasteiger partial charge on any atom is 0.317 e. The first kappa shape index (κ1) is 14.3. The van der Waals surface area contributed by atoms with E-state index in [4.69, 9.17) is 9.84 Å². The van der Waals surface area contributed by atoms with Gasteiger partial charge in [0.15, 0.2) is 0 Å². The minimum Gasteiger partial charge on any atom is -0.480 e. The SMILES string of the molecule is O=C(O)CN1CCN(C(=O)CC2CCCCO2)CC1. The monoisotopic (exact) mass is 270 g/mol. The summed E-state index contributed by atoms with van der Waals surface area (Å²) in [6.07, 6.45) is 3.77. The molecule has 0 bridgehead atoms. The van der Waals surface area contributed by atoms with Crippen LogP contribution >= 0.6 is 0 Å². The summed E-state index contributed by atoms with van der Waals surface area (Å²) in [5.41, 5.74) is 0. The molecule has 1 amide bonds. The van der Waals surface area contributed by atoms with Crippen molar-refractivity contribution < 1.29 is 19.4 Å². The molecule has 0 saturated carbocycles. The molecule has 2 saturated heterocycles. The van der Waals surface area contributed by atoms with Gasteiger partial charge in [-0.05, 0) is 19.3 Å². The molecule has 2 aliphatic rings. The van der Waals surface area contributed by atoms with E-state index in [0.717, 1.165) is 25.9 Å². The number of carboxylic acid groups (broad SMARTS) is 1. The highest BCUT2D eigenvalue weighted by atomic mass is 16.5. The highest BCUT2D eigenvalue weighted by molar-refractivity contribution is 5.77. The van der Waals surface area contributed by atoms with Gasteiger partial charge in [-0.1, -0.05) is 0 Å². The Bertz CT molecular complexity index is 321. The van der Waals surface area contributed by atoms with Crippen molar-refractivity contribution in [2.45, 2.75) is 31.8 Å². The standard InChI is InChI=1S/C13H22N2O4/c16-12(9-11-3-1-2-8-19-11)15-6-4-14(5-7-15)10-13(17)18/h11H,1-10H2,(H,17,18). The Morgan fingerprint density at radius 3 is 2.47 bits per heavy atom. The molecular formula is C13H22N2O4. The van der Waals surface area contributed by atoms with Gasteiger partial charge in [-0.3, -0.25) is 14.5 Å². The van der Waals surface area contributed by atoms with Crippen LogP contribution in [-0.2, 0) is 14.3 Å². The summed E-state index contributed by atoms with van der Waals surface area (Å²) in [6, 6.07) is 0. The number of carbonyl (C=O) groups excluding carboxylic acids is 1. The van der Waals surface area contributed by atoms with Crippen molar-refractivity contribution >= 4 is 11.9 Å². The average molecular weight is 270 g/mol. The smallest absolute Gasteiger partial charge is 0.317 e. The van der Waals surface area contributed by atoms with Gasteiger partial charge in [0.05, 0.1) is 19.1 Å². The average Bonchev–Trinajstić information content (AvgIpc) is 2.40. The van der Waals surface area contributed by atoms with E-state index in [1.54, 1.807) is 0 Å². The summed E-state index contributed by atoms with van der Waals surface area (Å²) in [5.74, 6) is -0.669. The van der Waals surface area contributed by atoms with Crippen molar-refractivity contribution in [3.05, 3.63) is 0 Å². The lowest BCUT2D eigenvalue weighted by Gasteiger charge is -2.34. The number of hydrogen-bond acceptors (Lipinski definition) is 4. The van der Waals surface area contributed by atoms with Gasteiger partial charge in [0.1, 0.15) is 0 Å². The first-order valence-electron chi connectivity index (χ1n) is 6.98. The number of ether oxygens (including phenoxy) is 1. The van der Waals surface area contributed by atoms with Crippen LogP contribution in [0, 0.1) is 0 Å². The fourth-order valence-electron chi connectivity index (χ4n) is 2.64. The summed E-state index contributed by atoms with van der Waals surface area (Å²) in [7, 11) is 0. The van der Waals surface area contributed by atoms with Gasteiger partial charge >= 0.3 is 5.97 Å². The fourth-order valence-corrected chi connectivity index (χ4v) is 2.64. The molecule has 0 aromatic carbocycles. The molecule has 6 nitrogen and oxygen atoms in total. The molecule has 2 aliphatic heterocycles. The maximum absolute atomic E-state index is 12.1. The fraction of sp³-hybridized carbons (Fsp3) is 0.846. The molecule has 2 fully saturated rings. The van der Waals surface area contributed by atoms with Gasteiger partial charge < -0.3 is 14.7 Å². The highest BCUT2D eigenvalue weighted by Gasteiger charge is 2.25. The van der Waals surface area contributed by atoms with Crippen molar-refractivity contribution in [2.24, 2.45) is 0 Å². The van der Waals surface area contributed by atoms with E-state index in [-0.39, 0.29) is 18.6 Å². The zero-order valence-corrected chi connectivity index (χ0v) is 11.2. The van der Waals surface area contributed by atoms with Crippen LogP contribution < -0.4 is 0 Å². The van der Waals surface area contributed by atoms with Gasteiger partial charge in [0.25, 0.3) is 0 Å². The van der Waals surface area contributed by atoms with E-state index in [2.05, 4.69) is 0 Å². The molecule has 6 heteroatoms. The van der Waals surface area contributed by atoms with E-state index in [9.17, 15) is 9.59 Å².